The van der Waals surface area contributed by atoms with E-state index in [1.165, 1.54) is 38.9 Å². The van der Waals surface area contributed by atoms with Crippen molar-refractivity contribution in [2.75, 3.05) is 32.7 Å². The Morgan fingerprint density at radius 3 is 2.56 bits per heavy atom. The zero-order valence-corrected chi connectivity index (χ0v) is 13.3. The van der Waals surface area contributed by atoms with E-state index in [0.29, 0.717) is 5.41 Å². The lowest BCUT2D eigenvalue weighted by atomic mass is 9.89. The zero-order chi connectivity index (χ0) is 13.6. The van der Waals surface area contributed by atoms with Gasteiger partial charge >= 0.3 is 0 Å². The summed E-state index contributed by atoms with van der Waals surface area (Å²) in [6.07, 6.45) is 4.22. The van der Waals surface area contributed by atoms with Gasteiger partial charge in [0.25, 0.3) is 0 Å². The molecule has 2 nitrogen and oxygen atoms in total. The van der Waals surface area contributed by atoms with Crippen LogP contribution in [-0.4, -0.2) is 37.6 Å². The largest absolute Gasteiger partial charge is 0.316 e. The Balaban J connectivity index is 2.38. The Morgan fingerprint density at radius 1 is 1.22 bits per heavy atom. The molecule has 1 N–H and O–H groups in total. The van der Waals surface area contributed by atoms with E-state index in [4.69, 9.17) is 0 Å². The van der Waals surface area contributed by atoms with Gasteiger partial charge in [-0.3, -0.25) is 0 Å². The van der Waals surface area contributed by atoms with Gasteiger partial charge in [0.2, 0.25) is 0 Å². The molecule has 0 amide bonds. The number of likely N-dealkylation sites (tertiary alicyclic amines) is 1. The Kier molecular flexibility index (Phi) is 6.65. The van der Waals surface area contributed by atoms with Gasteiger partial charge in [0.1, 0.15) is 0 Å². The molecule has 18 heavy (non-hydrogen) atoms. The minimum atomic E-state index is 0.397. The Bertz CT molecular complexity index is 223. The summed E-state index contributed by atoms with van der Waals surface area (Å²) < 4.78 is 0. The maximum atomic E-state index is 3.49. The average molecular weight is 254 g/mol. The lowest BCUT2D eigenvalue weighted by molar-refractivity contribution is 0.176. The highest BCUT2D eigenvalue weighted by Gasteiger charge is 2.24. The third kappa shape index (κ3) is 5.71. The second-order valence-corrected chi connectivity index (χ2v) is 7.16. The fourth-order valence-corrected chi connectivity index (χ4v) is 3.13. The molecule has 1 rings (SSSR count). The van der Waals surface area contributed by atoms with Crippen molar-refractivity contribution in [3.8, 4) is 0 Å². The molecule has 0 saturated carbocycles. The van der Waals surface area contributed by atoms with Crippen LogP contribution in [0.2, 0.25) is 0 Å². The maximum absolute atomic E-state index is 3.49. The van der Waals surface area contributed by atoms with Crippen LogP contribution in [0.5, 0.6) is 0 Å². The summed E-state index contributed by atoms with van der Waals surface area (Å²) >= 11 is 0. The predicted molar refractivity (Wildman–Crippen MR) is 80.9 cm³/mol. The van der Waals surface area contributed by atoms with Crippen LogP contribution in [-0.2, 0) is 0 Å². The minimum absolute atomic E-state index is 0.397. The zero-order valence-electron chi connectivity index (χ0n) is 13.3. The summed E-state index contributed by atoms with van der Waals surface area (Å²) in [5.74, 6) is 1.81. The first kappa shape index (κ1) is 16.0. The molecule has 1 aliphatic rings. The van der Waals surface area contributed by atoms with Gasteiger partial charge in [0.15, 0.2) is 0 Å². The van der Waals surface area contributed by atoms with E-state index in [0.717, 1.165) is 24.9 Å². The number of nitrogens with zero attached hydrogens (tertiary/aromatic N) is 1. The number of hydrogen-bond acceptors (Lipinski definition) is 2. The summed E-state index contributed by atoms with van der Waals surface area (Å²) in [5, 5.41) is 3.49. The third-order valence-corrected chi connectivity index (χ3v) is 4.31. The summed E-state index contributed by atoms with van der Waals surface area (Å²) in [7, 11) is 0. The fraction of sp³-hybridized carbons (Fsp3) is 1.00. The highest BCUT2D eigenvalue weighted by atomic mass is 15.1. The topological polar surface area (TPSA) is 15.3 Å². The van der Waals surface area contributed by atoms with Crippen LogP contribution in [0.1, 0.15) is 53.9 Å². The Hall–Kier alpha value is -0.0800. The lowest BCUT2D eigenvalue weighted by Crippen LogP contribution is -2.41. The first-order valence-electron chi connectivity index (χ1n) is 7.87. The van der Waals surface area contributed by atoms with Crippen LogP contribution in [0.3, 0.4) is 0 Å². The molecule has 0 aromatic carbocycles. The van der Waals surface area contributed by atoms with E-state index in [1.807, 2.05) is 0 Å². The highest BCUT2D eigenvalue weighted by Crippen LogP contribution is 2.26. The van der Waals surface area contributed by atoms with Gasteiger partial charge in [-0.15, -0.1) is 0 Å². The normalized spacial score (nSPS) is 23.3. The van der Waals surface area contributed by atoms with Crippen molar-refractivity contribution in [1.29, 1.82) is 0 Å². The molecular weight excluding hydrogens is 220 g/mol. The standard InChI is InChI=1S/C16H34N2/c1-6-17-12-16(4,5)13-18-10-7-8-15(9-11-18)14(2)3/h14-15,17H,6-13H2,1-5H3. The van der Waals surface area contributed by atoms with Crippen LogP contribution in [0.4, 0.5) is 0 Å². The number of rotatable bonds is 6. The van der Waals surface area contributed by atoms with Crippen molar-refractivity contribution in [2.45, 2.75) is 53.9 Å². The molecule has 0 bridgehead atoms. The van der Waals surface area contributed by atoms with Crippen LogP contribution in [0.15, 0.2) is 0 Å². The summed E-state index contributed by atoms with van der Waals surface area (Å²) in [6.45, 7) is 17.8. The van der Waals surface area contributed by atoms with E-state index in [1.54, 1.807) is 0 Å². The molecule has 1 aliphatic heterocycles. The van der Waals surface area contributed by atoms with Crippen molar-refractivity contribution in [1.82, 2.24) is 10.2 Å². The molecule has 1 saturated heterocycles. The Morgan fingerprint density at radius 2 is 1.94 bits per heavy atom. The second kappa shape index (κ2) is 7.49. The van der Waals surface area contributed by atoms with Crippen molar-refractivity contribution >= 4 is 0 Å². The molecule has 1 heterocycles. The van der Waals surface area contributed by atoms with Crippen molar-refractivity contribution < 1.29 is 0 Å². The molecule has 108 valence electrons. The molecule has 0 aliphatic carbocycles. The smallest absolute Gasteiger partial charge is 0.00448 e. The quantitative estimate of drug-likeness (QED) is 0.782. The third-order valence-electron chi connectivity index (χ3n) is 4.31. The van der Waals surface area contributed by atoms with Gasteiger partial charge < -0.3 is 10.2 Å². The van der Waals surface area contributed by atoms with Crippen LogP contribution in [0.25, 0.3) is 0 Å². The molecule has 0 aromatic rings. The van der Waals surface area contributed by atoms with E-state index >= 15 is 0 Å². The van der Waals surface area contributed by atoms with Crippen LogP contribution in [0, 0.1) is 17.3 Å². The second-order valence-electron chi connectivity index (χ2n) is 7.16. The summed E-state index contributed by atoms with van der Waals surface area (Å²) in [4.78, 5) is 2.69. The lowest BCUT2D eigenvalue weighted by Gasteiger charge is -2.32. The van der Waals surface area contributed by atoms with E-state index in [-0.39, 0.29) is 0 Å². The van der Waals surface area contributed by atoms with Crippen molar-refractivity contribution in [2.24, 2.45) is 17.3 Å². The average Bonchev–Trinajstić information content (AvgIpc) is 2.51. The molecule has 2 heteroatoms. The molecule has 0 aromatic heterocycles. The SMILES string of the molecule is CCNCC(C)(C)CN1CCCC(C(C)C)CC1. The van der Waals surface area contributed by atoms with Crippen LogP contribution >= 0.6 is 0 Å². The number of hydrogen-bond donors (Lipinski definition) is 1. The van der Waals surface area contributed by atoms with Crippen LogP contribution < -0.4 is 5.32 Å². The fourth-order valence-electron chi connectivity index (χ4n) is 3.13. The van der Waals surface area contributed by atoms with E-state index < -0.39 is 0 Å². The highest BCUT2D eigenvalue weighted by molar-refractivity contribution is 4.79. The molecule has 1 unspecified atom stereocenters. The van der Waals surface area contributed by atoms with Gasteiger partial charge in [-0.2, -0.15) is 0 Å². The predicted octanol–water partition coefficient (Wildman–Crippen LogP) is 3.38. The van der Waals surface area contributed by atoms with Gasteiger partial charge in [-0.1, -0.05) is 34.6 Å². The Labute approximate surface area is 115 Å². The monoisotopic (exact) mass is 254 g/mol. The maximum Gasteiger partial charge on any atom is 0.00448 e. The van der Waals surface area contributed by atoms with E-state index in [9.17, 15) is 0 Å². The number of nitrogens with one attached hydrogen (secondary N) is 1. The summed E-state index contributed by atoms with van der Waals surface area (Å²) in [6, 6.07) is 0. The van der Waals surface area contributed by atoms with Gasteiger partial charge in [0, 0.05) is 13.1 Å². The molecule has 0 spiro atoms. The molecule has 1 fully saturated rings. The van der Waals surface area contributed by atoms with Gasteiger partial charge in [0.05, 0.1) is 0 Å². The first-order chi connectivity index (χ1) is 8.44. The minimum Gasteiger partial charge on any atom is -0.316 e. The molecule has 0 radical (unpaired) electrons. The molecule has 1 atom stereocenters. The van der Waals surface area contributed by atoms with Crippen molar-refractivity contribution in [3.05, 3.63) is 0 Å². The van der Waals surface area contributed by atoms with Gasteiger partial charge in [-0.05, 0) is 56.1 Å². The molecular formula is C16H34N2. The van der Waals surface area contributed by atoms with E-state index in [2.05, 4.69) is 44.8 Å². The summed E-state index contributed by atoms with van der Waals surface area (Å²) in [5.41, 5.74) is 0.397. The van der Waals surface area contributed by atoms with Gasteiger partial charge in [-0.25, -0.2) is 0 Å². The van der Waals surface area contributed by atoms with Crippen molar-refractivity contribution in [3.63, 3.8) is 0 Å². The first-order valence-corrected chi connectivity index (χ1v) is 7.87.